The van der Waals surface area contributed by atoms with E-state index in [4.69, 9.17) is 15.2 Å². The van der Waals surface area contributed by atoms with Crippen LogP contribution >= 0.6 is 12.4 Å². The lowest BCUT2D eigenvalue weighted by Crippen LogP contribution is -2.39. The predicted molar refractivity (Wildman–Crippen MR) is 76.9 cm³/mol. The van der Waals surface area contributed by atoms with Crippen LogP contribution in [0.3, 0.4) is 0 Å². The zero-order valence-corrected chi connectivity index (χ0v) is 12.3. The molecule has 1 aromatic carbocycles. The lowest BCUT2D eigenvalue weighted by molar-refractivity contribution is -0.122. The minimum absolute atomic E-state index is 0. The number of benzene rings is 1. The SMILES string of the molecule is CC[C@H](N)C(=O)NCc1ccc(OC)c(OC)c1.Cl. The van der Waals surface area contributed by atoms with Crippen LogP contribution in [0.15, 0.2) is 18.2 Å². The summed E-state index contributed by atoms with van der Waals surface area (Å²) in [5, 5.41) is 2.78. The third kappa shape index (κ3) is 4.96. The van der Waals surface area contributed by atoms with Gasteiger partial charge < -0.3 is 20.5 Å². The molecule has 1 atom stereocenters. The number of nitrogens with two attached hydrogens (primary N) is 1. The second kappa shape index (κ2) is 8.61. The Morgan fingerprint density at radius 1 is 1.32 bits per heavy atom. The Bertz CT molecular complexity index is 413. The van der Waals surface area contributed by atoms with Crippen molar-refractivity contribution in [3.63, 3.8) is 0 Å². The zero-order chi connectivity index (χ0) is 13.5. The normalized spacial score (nSPS) is 11.2. The Labute approximate surface area is 119 Å². The molecule has 3 N–H and O–H groups in total. The van der Waals surface area contributed by atoms with E-state index >= 15 is 0 Å². The molecule has 0 aliphatic heterocycles. The number of methoxy groups -OCH3 is 2. The van der Waals surface area contributed by atoms with Crippen molar-refractivity contribution in [3.8, 4) is 11.5 Å². The zero-order valence-electron chi connectivity index (χ0n) is 11.4. The first-order valence-electron chi connectivity index (χ1n) is 5.86. The van der Waals surface area contributed by atoms with Gasteiger partial charge in [-0.25, -0.2) is 0 Å². The van der Waals surface area contributed by atoms with Gasteiger partial charge in [-0.15, -0.1) is 12.4 Å². The second-order valence-electron chi connectivity index (χ2n) is 3.92. The van der Waals surface area contributed by atoms with Crippen molar-refractivity contribution in [2.24, 2.45) is 5.73 Å². The molecule has 0 heterocycles. The van der Waals surface area contributed by atoms with Crippen molar-refractivity contribution >= 4 is 18.3 Å². The molecule has 1 amide bonds. The smallest absolute Gasteiger partial charge is 0.237 e. The quantitative estimate of drug-likeness (QED) is 0.831. The minimum atomic E-state index is -0.454. The molecule has 0 spiro atoms. The third-order valence-electron chi connectivity index (χ3n) is 2.69. The topological polar surface area (TPSA) is 73.6 Å². The second-order valence-corrected chi connectivity index (χ2v) is 3.92. The molecule has 0 saturated carbocycles. The van der Waals surface area contributed by atoms with Gasteiger partial charge in [-0.1, -0.05) is 13.0 Å². The van der Waals surface area contributed by atoms with Gasteiger partial charge in [-0.3, -0.25) is 4.79 Å². The van der Waals surface area contributed by atoms with Crippen molar-refractivity contribution in [1.82, 2.24) is 5.32 Å². The molecule has 0 fully saturated rings. The van der Waals surface area contributed by atoms with Crippen LogP contribution in [0.4, 0.5) is 0 Å². The molecule has 0 radical (unpaired) electrons. The molecule has 0 aliphatic carbocycles. The third-order valence-corrected chi connectivity index (χ3v) is 2.69. The fourth-order valence-electron chi connectivity index (χ4n) is 1.50. The first-order chi connectivity index (χ1) is 8.62. The number of carbonyl (C=O) groups excluding carboxylic acids is 1. The molecule has 1 rings (SSSR count). The monoisotopic (exact) mass is 288 g/mol. The van der Waals surface area contributed by atoms with E-state index in [1.165, 1.54) is 0 Å². The molecule has 0 saturated heterocycles. The number of ether oxygens (including phenoxy) is 2. The summed E-state index contributed by atoms with van der Waals surface area (Å²) in [5.74, 6) is 1.16. The summed E-state index contributed by atoms with van der Waals surface area (Å²) >= 11 is 0. The predicted octanol–water partition coefficient (Wildman–Crippen LogP) is 1.48. The molecular formula is C13H21ClN2O3. The molecule has 0 aliphatic rings. The number of rotatable bonds is 6. The van der Waals surface area contributed by atoms with Crippen molar-refractivity contribution < 1.29 is 14.3 Å². The lowest BCUT2D eigenvalue weighted by atomic mass is 10.2. The maximum absolute atomic E-state index is 11.5. The van der Waals surface area contributed by atoms with Crippen LogP contribution in [-0.2, 0) is 11.3 Å². The Morgan fingerprint density at radius 2 is 1.95 bits per heavy atom. The van der Waals surface area contributed by atoms with Crippen LogP contribution in [0.2, 0.25) is 0 Å². The summed E-state index contributed by atoms with van der Waals surface area (Å²) in [6, 6.07) is 5.06. The van der Waals surface area contributed by atoms with Crippen molar-refractivity contribution in [2.45, 2.75) is 25.9 Å². The highest BCUT2D eigenvalue weighted by Gasteiger charge is 2.10. The van der Waals surface area contributed by atoms with Gasteiger partial charge in [-0.2, -0.15) is 0 Å². The number of amides is 1. The van der Waals surface area contributed by atoms with Crippen molar-refractivity contribution in [3.05, 3.63) is 23.8 Å². The molecule has 1 aromatic rings. The maximum Gasteiger partial charge on any atom is 0.237 e. The largest absolute Gasteiger partial charge is 0.493 e. The van der Waals surface area contributed by atoms with Crippen LogP contribution in [0.5, 0.6) is 11.5 Å². The van der Waals surface area contributed by atoms with Crippen LogP contribution < -0.4 is 20.5 Å². The Kier molecular flexibility index (Phi) is 7.95. The van der Waals surface area contributed by atoms with Gasteiger partial charge in [0.15, 0.2) is 11.5 Å². The van der Waals surface area contributed by atoms with Crippen LogP contribution in [0, 0.1) is 0 Å². The van der Waals surface area contributed by atoms with E-state index in [2.05, 4.69) is 5.32 Å². The molecule has 5 nitrogen and oxygen atoms in total. The maximum atomic E-state index is 11.5. The fourth-order valence-corrected chi connectivity index (χ4v) is 1.50. The average molecular weight is 289 g/mol. The number of carbonyl (C=O) groups is 1. The van der Waals surface area contributed by atoms with Gasteiger partial charge >= 0.3 is 0 Å². The highest BCUT2D eigenvalue weighted by molar-refractivity contribution is 5.85. The van der Waals surface area contributed by atoms with E-state index in [-0.39, 0.29) is 18.3 Å². The molecule has 108 valence electrons. The lowest BCUT2D eigenvalue weighted by Gasteiger charge is -2.12. The number of hydrogen-bond acceptors (Lipinski definition) is 4. The standard InChI is InChI=1S/C13H20N2O3.ClH/c1-4-10(14)13(16)15-8-9-5-6-11(17-2)12(7-9)18-3;/h5-7,10H,4,8,14H2,1-3H3,(H,15,16);1H/t10-;/m0./s1. The van der Waals surface area contributed by atoms with E-state index in [1.807, 2.05) is 19.1 Å². The van der Waals surface area contributed by atoms with Crippen LogP contribution in [0.25, 0.3) is 0 Å². The van der Waals surface area contributed by atoms with Gasteiger partial charge in [0.05, 0.1) is 20.3 Å². The Morgan fingerprint density at radius 3 is 2.47 bits per heavy atom. The number of nitrogens with one attached hydrogen (secondary N) is 1. The number of hydrogen-bond donors (Lipinski definition) is 2. The summed E-state index contributed by atoms with van der Waals surface area (Å²) in [4.78, 5) is 11.5. The van der Waals surface area contributed by atoms with Gasteiger partial charge in [0.25, 0.3) is 0 Å². The summed E-state index contributed by atoms with van der Waals surface area (Å²) in [6.07, 6.45) is 0.623. The van der Waals surface area contributed by atoms with E-state index in [9.17, 15) is 4.79 Å². The molecule has 19 heavy (non-hydrogen) atoms. The van der Waals surface area contributed by atoms with Crippen molar-refractivity contribution in [2.75, 3.05) is 14.2 Å². The summed E-state index contributed by atoms with van der Waals surface area (Å²) in [6.45, 7) is 2.30. The Hall–Kier alpha value is -1.46. The van der Waals surface area contributed by atoms with Gasteiger partial charge in [0, 0.05) is 6.54 Å². The van der Waals surface area contributed by atoms with Crippen LogP contribution in [-0.4, -0.2) is 26.2 Å². The first kappa shape index (κ1) is 17.5. The van der Waals surface area contributed by atoms with Gasteiger partial charge in [0.2, 0.25) is 5.91 Å². The van der Waals surface area contributed by atoms with E-state index in [1.54, 1.807) is 20.3 Å². The summed E-state index contributed by atoms with van der Waals surface area (Å²) in [5.41, 5.74) is 6.56. The minimum Gasteiger partial charge on any atom is -0.493 e. The van der Waals surface area contributed by atoms with Gasteiger partial charge in [-0.05, 0) is 24.1 Å². The summed E-state index contributed by atoms with van der Waals surface area (Å²) in [7, 11) is 3.16. The molecule has 0 unspecified atom stereocenters. The first-order valence-corrected chi connectivity index (χ1v) is 5.86. The van der Waals surface area contributed by atoms with Gasteiger partial charge in [0.1, 0.15) is 0 Å². The molecular weight excluding hydrogens is 268 g/mol. The molecule has 6 heteroatoms. The Balaban J connectivity index is 0.00000324. The highest BCUT2D eigenvalue weighted by atomic mass is 35.5. The van der Waals surface area contributed by atoms with E-state index in [0.29, 0.717) is 24.5 Å². The average Bonchev–Trinajstić information content (AvgIpc) is 2.43. The van der Waals surface area contributed by atoms with Crippen molar-refractivity contribution in [1.29, 1.82) is 0 Å². The fraction of sp³-hybridized carbons (Fsp3) is 0.462. The van der Waals surface area contributed by atoms with Crippen LogP contribution in [0.1, 0.15) is 18.9 Å². The molecule has 0 aromatic heterocycles. The number of halogens is 1. The van der Waals surface area contributed by atoms with E-state index < -0.39 is 6.04 Å². The molecule has 0 bridgehead atoms. The summed E-state index contributed by atoms with van der Waals surface area (Å²) < 4.78 is 10.3. The van der Waals surface area contributed by atoms with E-state index in [0.717, 1.165) is 5.56 Å². The highest BCUT2D eigenvalue weighted by Crippen LogP contribution is 2.27.